The lowest BCUT2D eigenvalue weighted by molar-refractivity contribution is 0.249. The first-order valence-electron chi connectivity index (χ1n) is 6.31. The van der Waals surface area contributed by atoms with E-state index in [0.29, 0.717) is 11.0 Å². The number of urea groups is 1. The normalized spacial score (nSPS) is 19.9. The summed E-state index contributed by atoms with van der Waals surface area (Å²) in [5.74, 6) is 0.566. The molecule has 7 heteroatoms. The Bertz CT molecular complexity index is 370. The quantitative estimate of drug-likeness (QED) is 0.847. The molecule has 0 bridgehead atoms. The van der Waals surface area contributed by atoms with Crippen molar-refractivity contribution >= 4 is 22.5 Å². The first kappa shape index (κ1) is 13.2. The predicted molar refractivity (Wildman–Crippen MR) is 71.8 cm³/mol. The molecule has 1 unspecified atom stereocenters. The minimum Gasteiger partial charge on any atom is -0.337 e. The van der Waals surface area contributed by atoms with Gasteiger partial charge in [0, 0.05) is 13.1 Å². The highest BCUT2D eigenvalue weighted by atomic mass is 32.1. The zero-order chi connectivity index (χ0) is 12.8. The summed E-state index contributed by atoms with van der Waals surface area (Å²) in [5, 5.41) is 13.5. The summed E-state index contributed by atoms with van der Waals surface area (Å²) in [4.78, 5) is 14.0. The molecule has 0 saturated carbocycles. The van der Waals surface area contributed by atoms with Gasteiger partial charge in [-0.2, -0.15) is 0 Å². The number of anilines is 1. The van der Waals surface area contributed by atoms with Gasteiger partial charge in [0.2, 0.25) is 5.13 Å². The van der Waals surface area contributed by atoms with Crippen molar-refractivity contribution in [3.63, 3.8) is 0 Å². The molecule has 2 N–H and O–H groups in total. The maximum absolute atomic E-state index is 11.6. The fourth-order valence-electron chi connectivity index (χ4n) is 2.20. The minimum absolute atomic E-state index is 0.194. The second-order valence-electron chi connectivity index (χ2n) is 4.53. The molecule has 100 valence electrons. The first-order valence-corrected chi connectivity index (χ1v) is 7.19. The summed E-state index contributed by atoms with van der Waals surface area (Å²) in [6.07, 6.45) is 2.36. The zero-order valence-electron chi connectivity index (χ0n) is 10.6. The molecule has 2 heterocycles. The van der Waals surface area contributed by atoms with Gasteiger partial charge in [0.05, 0.1) is 0 Å². The first-order chi connectivity index (χ1) is 8.78. The molecule has 2 amide bonds. The van der Waals surface area contributed by atoms with Gasteiger partial charge in [-0.25, -0.2) is 4.79 Å². The molecule has 0 aromatic carbocycles. The highest BCUT2D eigenvalue weighted by Gasteiger charge is 2.21. The molecule has 1 aromatic heterocycles. The molecule has 1 saturated heterocycles. The highest BCUT2D eigenvalue weighted by molar-refractivity contribution is 7.13. The Morgan fingerprint density at radius 3 is 3.28 bits per heavy atom. The smallest absolute Gasteiger partial charge is 0.321 e. The maximum Gasteiger partial charge on any atom is 0.321 e. The van der Waals surface area contributed by atoms with E-state index in [4.69, 9.17) is 0 Å². The van der Waals surface area contributed by atoms with Crippen LogP contribution in [0.1, 0.15) is 19.8 Å². The van der Waals surface area contributed by atoms with Crippen LogP contribution in [0.25, 0.3) is 0 Å². The summed E-state index contributed by atoms with van der Waals surface area (Å²) in [5.41, 5.74) is 1.59. The summed E-state index contributed by atoms with van der Waals surface area (Å²) >= 11 is 1.31. The number of carbonyl (C=O) groups is 1. The van der Waals surface area contributed by atoms with Crippen LogP contribution in [0.5, 0.6) is 0 Å². The largest absolute Gasteiger partial charge is 0.337 e. The number of likely N-dealkylation sites (tertiary alicyclic amines) is 1. The Kier molecular flexibility index (Phi) is 4.89. The summed E-state index contributed by atoms with van der Waals surface area (Å²) < 4.78 is 0. The number of nitrogens with one attached hydrogen (secondary N) is 2. The Morgan fingerprint density at radius 2 is 2.56 bits per heavy atom. The molecule has 0 aliphatic carbocycles. The lowest BCUT2D eigenvalue weighted by Gasteiger charge is -2.14. The number of hydrogen-bond donors (Lipinski definition) is 2. The Balaban J connectivity index is 1.64. The molecule has 0 radical (unpaired) electrons. The van der Waals surface area contributed by atoms with Gasteiger partial charge in [-0.1, -0.05) is 18.3 Å². The van der Waals surface area contributed by atoms with Crippen molar-refractivity contribution in [2.75, 3.05) is 31.5 Å². The van der Waals surface area contributed by atoms with Crippen molar-refractivity contribution < 1.29 is 4.79 Å². The van der Waals surface area contributed by atoms with Crippen molar-refractivity contribution in [3.8, 4) is 0 Å². The molecule has 1 atom stereocenters. The Hall–Kier alpha value is -1.21. The molecule has 2 rings (SSSR count). The molecular formula is C11H19N5OS. The molecule has 1 fully saturated rings. The van der Waals surface area contributed by atoms with Crippen LogP contribution in [0.2, 0.25) is 0 Å². The number of rotatable bonds is 5. The van der Waals surface area contributed by atoms with Crippen LogP contribution in [0.4, 0.5) is 9.93 Å². The standard InChI is InChI=1S/C11H19N5OS/c1-2-4-16-5-3-9(7-16)6-12-10(17)14-11-15-13-8-18-11/h8-9H,2-7H2,1H3,(H2,12,14,15,17). The van der Waals surface area contributed by atoms with Gasteiger partial charge in [-0.15, -0.1) is 10.2 Å². The summed E-state index contributed by atoms with van der Waals surface area (Å²) in [6, 6.07) is -0.194. The van der Waals surface area contributed by atoms with Gasteiger partial charge in [-0.3, -0.25) is 5.32 Å². The van der Waals surface area contributed by atoms with Gasteiger partial charge >= 0.3 is 6.03 Å². The van der Waals surface area contributed by atoms with Crippen LogP contribution >= 0.6 is 11.3 Å². The van der Waals surface area contributed by atoms with Crippen LogP contribution < -0.4 is 10.6 Å². The van der Waals surface area contributed by atoms with Crippen LogP contribution in [0.3, 0.4) is 0 Å². The molecule has 6 nitrogen and oxygen atoms in total. The van der Waals surface area contributed by atoms with Crippen LogP contribution in [-0.4, -0.2) is 47.3 Å². The number of carbonyl (C=O) groups excluding carboxylic acids is 1. The van der Waals surface area contributed by atoms with Gasteiger partial charge in [0.25, 0.3) is 0 Å². The van der Waals surface area contributed by atoms with Crippen molar-refractivity contribution in [2.45, 2.75) is 19.8 Å². The third-order valence-electron chi connectivity index (χ3n) is 3.04. The van der Waals surface area contributed by atoms with E-state index in [1.165, 1.54) is 24.2 Å². The van der Waals surface area contributed by atoms with Crippen molar-refractivity contribution in [2.24, 2.45) is 5.92 Å². The lowest BCUT2D eigenvalue weighted by Crippen LogP contribution is -2.34. The molecular weight excluding hydrogens is 250 g/mol. The van der Waals surface area contributed by atoms with Crippen molar-refractivity contribution in [3.05, 3.63) is 5.51 Å². The Morgan fingerprint density at radius 1 is 1.67 bits per heavy atom. The van der Waals surface area contributed by atoms with E-state index in [1.54, 1.807) is 5.51 Å². The van der Waals surface area contributed by atoms with Crippen molar-refractivity contribution in [1.29, 1.82) is 0 Å². The number of aromatic nitrogens is 2. The zero-order valence-corrected chi connectivity index (χ0v) is 11.4. The van der Waals surface area contributed by atoms with Crippen LogP contribution in [-0.2, 0) is 0 Å². The van der Waals surface area contributed by atoms with E-state index >= 15 is 0 Å². The van der Waals surface area contributed by atoms with E-state index < -0.39 is 0 Å². The third-order valence-corrected chi connectivity index (χ3v) is 3.65. The van der Waals surface area contributed by atoms with Crippen LogP contribution in [0.15, 0.2) is 5.51 Å². The van der Waals surface area contributed by atoms with Gasteiger partial charge < -0.3 is 10.2 Å². The third kappa shape index (κ3) is 3.92. The monoisotopic (exact) mass is 269 g/mol. The van der Waals surface area contributed by atoms with E-state index in [1.807, 2.05) is 0 Å². The molecule has 1 aliphatic heterocycles. The SMILES string of the molecule is CCCN1CCC(CNC(=O)Nc2nncs2)C1. The fraction of sp³-hybridized carbons (Fsp3) is 0.727. The highest BCUT2D eigenvalue weighted by Crippen LogP contribution is 2.15. The van der Waals surface area contributed by atoms with Gasteiger partial charge in [0.15, 0.2) is 0 Å². The average Bonchev–Trinajstić information content (AvgIpc) is 2.99. The molecule has 0 spiro atoms. The number of amides is 2. The minimum atomic E-state index is -0.194. The molecule has 1 aromatic rings. The van der Waals surface area contributed by atoms with E-state index in [9.17, 15) is 4.79 Å². The summed E-state index contributed by atoms with van der Waals surface area (Å²) in [7, 11) is 0. The second-order valence-corrected chi connectivity index (χ2v) is 5.37. The van der Waals surface area contributed by atoms with Crippen molar-refractivity contribution in [1.82, 2.24) is 20.4 Å². The topological polar surface area (TPSA) is 70.2 Å². The number of nitrogens with zero attached hydrogens (tertiary/aromatic N) is 3. The average molecular weight is 269 g/mol. The fourth-order valence-corrected chi connectivity index (χ4v) is 2.64. The molecule has 1 aliphatic rings. The van der Waals surface area contributed by atoms with Gasteiger partial charge in [0.1, 0.15) is 5.51 Å². The Labute approximate surface area is 111 Å². The van der Waals surface area contributed by atoms with E-state index in [-0.39, 0.29) is 6.03 Å². The number of hydrogen-bond acceptors (Lipinski definition) is 5. The van der Waals surface area contributed by atoms with E-state index in [0.717, 1.165) is 26.2 Å². The van der Waals surface area contributed by atoms with Crippen LogP contribution in [0, 0.1) is 5.92 Å². The second kappa shape index (κ2) is 6.65. The van der Waals surface area contributed by atoms with Gasteiger partial charge in [-0.05, 0) is 31.8 Å². The molecule has 18 heavy (non-hydrogen) atoms. The lowest BCUT2D eigenvalue weighted by atomic mass is 10.1. The predicted octanol–water partition coefficient (Wildman–Crippen LogP) is 1.39. The maximum atomic E-state index is 11.6. The summed E-state index contributed by atoms with van der Waals surface area (Å²) in [6.45, 7) is 6.32. The van der Waals surface area contributed by atoms with E-state index in [2.05, 4.69) is 32.7 Å².